The molecule has 0 saturated carbocycles. The lowest BCUT2D eigenvalue weighted by atomic mass is 9.91. The van der Waals surface area contributed by atoms with Gasteiger partial charge < -0.3 is 4.90 Å². The van der Waals surface area contributed by atoms with Gasteiger partial charge in [-0.3, -0.25) is 0 Å². The fraction of sp³-hybridized carbons (Fsp3) is 0. The topological polar surface area (TPSA) is 3.24 Å². The van der Waals surface area contributed by atoms with Crippen molar-refractivity contribution in [2.75, 3.05) is 4.90 Å². The van der Waals surface area contributed by atoms with E-state index in [1.807, 2.05) is 23.5 Å². The van der Waals surface area contributed by atoms with Gasteiger partial charge in [0.15, 0.2) is 0 Å². The first kappa shape index (κ1) is 31.2. The molecule has 0 N–H and O–H groups in total. The summed E-state index contributed by atoms with van der Waals surface area (Å²) in [5.74, 6) is -0.233. The van der Waals surface area contributed by atoms with Crippen molar-refractivity contribution in [2.45, 2.75) is 0 Å². The van der Waals surface area contributed by atoms with Gasteiger partial charge in [-0.25, -0.2) is 4.39 Å². The van der Waals surface area contributed by atoms with Crippen molar-refractivity contribution in [3.63, 3.8) is 0 Å². The molecule has 1 heterocycles. The summed E-state index contributed by atoms with van der Waals surface area (Å²) in [6.07, 6.45) is 0. The average Bonchev–Trinajstić information content (AvgIpc) is 3.59. The minimum absolute atomic E-state index is 0.233. The number of anilines is 3. The Balaban J connectivity index is 1.14. The summed E-state index contributed by atoms with van der Waals surface area (Å²) in [4.78, 5) is 2.38. The number of fused-ring (bicyclic) bond motifs is 5. The van der Waals surface area contributed by atoms with E-state index in [1.54, 1.807) is 0 Å². The second kappa shape index (κ2) is 12.9. The van der Waals surface area contributed by atoms with Crippen LogP contribution < -0.4 is 4.90 Å². The summed E-state index contributed by atoms with van der Waals surface area (Å²) in [5, 5.41) is 7.30. The number of hydrogen-bond donors (Lipinski definition) is 0. The van der Waals surface area contributed by atoms with Crippen LogP contribution in [0.25, 0.3) is 75.1 Å². The molecule has 1 aromatic heterocycles. The first-order valence-corrected chi connectivity index (χ1v) is 18.7. The van der Waals surface area contributed by atoms with E-state index >= 15 is 0 Å². The SMILES string of the molecule is Fc1ccc(-c2cccc3cccc(-c4ccc(N(c5ccc6c(c5)sc5ccccc56)c5ccc6cccc(-c7ccccc7)c6c5)cc4)c23)cc1. The fourth-order valence-corrected chi connectivity index (χ4v) is 8.95. The molecule has 0 aliphatic carbocycles. The summed E-state index contributed by atoms with van der Waals surface area (Å²) in [6.45, 7) is 0. The lowest BCUT2D eigenvalue weighted by molar-refractivity contribution is 0.628. The maximum absolute atomic E-state index is 13.9. The van der Waals surface area contributed by atoms with Gasteiger partial charge in [0.25, 0.3) is 0 Å². The number of rotatable bonds is 6. The molecule has 250 valence electrons. The monoisotopic (exact) mass is 697 g/mol. The molecule has 53 heavy (non-hydrogen) atoms. The van der Waals surface area contributed by atoms with E-state index in [0.29, 0.717) is 0 Å². The third-order valence-electron chi connectivity index (χ3n) is 10.3. The van der Waals surface area contributed by atoms with Crippen molar-refractivity contribution in [3.8, 4) is 33.4 Å². The summed E-state index contributed by atoms with van der Waals surface area (Å²) in [5.41, 5.74) is 10.0. The van der Waals surface area contributed by atoms with E-state index in [1.165, 1.54) is 54.2 Å². The Morgan fingerprint density at radius 1 is 0.358 bits per heavy atom. The average molecular weight is 698 g/mol. The second-order valence-corrected chi connectivity index (χ2v) is 14.5. The highest BCUT2D eigenvalue weighted by Gasteiger charge is 2.18. The smallest absolute Gasteiger partial charge is 0.123 e. The minimum atomic E-state index is -0.233. The van der Waals surface area contributed by atoms with E-state index in [9.17, 15) is 4.39 Å². The second-order valence-electron chi connectivity index (χ2n) is 13.5. The number of halogens is 1. The van der Waals surface area contributed by atoms with Gasteiger partial charge in [0.05, 0.1) is 0 Å². The summed E-state index contributed by atoms with van der Waals surface area (Å²) < 4.78 is 16.5. The Hall–Kier alpha value is -6.55. The Kier molecular flexibility index (Phi) is 7.59. The molecule has 10 aromatic rings. The highest BCUT2D eigenvalue weighted by molar-refractivity contribution is 7.25. The number of thiophene rings is 1. The van der Waals surface area contributed by atoms with E-state index in [-0.39, 0.29) is 5.82 Å². The van der Waals surface area contributed by atoms with Crippen LogP contribution in [0.1, 0.15) is 0 Å². The van der Waals surface area contributed by atoms with E-state index < -0.39 is 0 Å². The van der Waals surface area contributed by atoms with Crippen molar-refractivity contribution in [1.29, 1.82) is 0 Å². The summed E-state index contributed by atoms with van der Waals surface area (Å²) in [7, 11) is 0. The van der Waals surface area contributed by atoms with Crippen LogP contribution in [0.5, 0.6) is 0 Å². The maximum Gasteiger partial charge on any atom is 0.123 e. The summed E-state index contributed by atoms with van der Waals surface area (Å²) >= 11 is 1.84. The predicted octanol–water partition coefficient (Wildman–Crippen LogP) is 15.0. The molecule has 0 bridgehead atoms. The van der Waals surface area contributed by atoms with E-state index in [0.717, 1.165) is 50.1 Å². The van der Waals surface area contributed by atoms with Crippen LogP contribution in [0.15, 0.2) is 194 Å². The molecule has 0 aliphatic heterocycles. The van der Waals surface area contributed by atoms with Gasteiger partial charge in [-0.2, -0.15) is 0 Å². The molecular formula is C50H32FNS. The van der Waals surface area contributed by atoms with Gasteiger partial charge in [0.1, 0.15) is 5.82 Å². The van der Waals surface area contributed by atoms with Crippen molar-refractivity contribution in [3.05, 3.63) is 200 Å². The zero-order valence-corrected chi connectivity index (χ0v) is 29.5. The summed E-state index contributed by atoms with van der Waals surface area (Å²) in [6, 6.07) is 68.0. The molecule has 0 aliphatic rings. The largest absolute Gasteiger partial charge is 0.310 e. The van der Waals surface area contributed by atoms with Crippen LogP contribution in [0.4, 0.5) is 21.5 Å². The highest BCUT2D eigenvalue weighted by atomic mass is 32.1. The fourth-order valence-electron chi connectivity index (χ4n) is 7.81. The van der Waals surface area contributed by atoms with Crippen molar-refractivity contribution < 1.29 is 4.39 Å². The van der Waals surface area contributed by atoms with Crippen molar-refractivity contribution in [1.82, 2.24) is 0 Å². The van der Waals surface area contributed by atoms with Gasteiger partial charge in [-0.15, -0.1) is 11.3 Å². The first-order chi connectivity index (χ1) is 26.2. The molecule has 0 atom stereocenters. The van der Waals surface area contributed by atoms with Crippen LogP contribution >= 0.6 is 11.3 Å². The quantitative estimate of drug-likeness (QED) is 0.167. The molecule has 0 saturated heterocycles. The maximum atomic E-state index is 13.9. The molecule has 9 aromatic carbocycles. The van der Waals surface area contributed by atoms with Crippen LogP contribution in [-0.2, 0) is 0 Å². The molecule has 1 nitrogen and oxygen atoms in total. The van der Waals surface area contributed by atoms with Gasteiger partial charge >= 0.3 is 0 Å². The van der Waals surface area contributed by atoms with Gasteiger partial charge in [0.2, 0.25) is 0 Å². The standard InChI is InChI=1S/C50H32FNS/c51-38-24-19-35(20-25-38)43-16-7-12-37-13-8-17-44(50(37)43)36-21-26-39(27-22-36)52(41-29-30-46-45-14-4-5-18-48(45)53-49(46)32-41)40-28-23-34-11-6-15-42(47(34)31-40)33-9-2-1-3-10-33/h1-32H. The van der Waals surface area contributed by atoms with Crippen LogP contribution in [0.3, 0.4) is 0 Å². The zero-order chi connectivity index (χ0) is 35.3. The van der Waals surface area contributed by atoms with Gasteiger partial charge in [-0.05, 0) is 110 Å². The highest BCUT2D eigenvalue weighted by Crippen LogP contribution is 2.43. The lowest BCUT2D eigenvalue weighted by Gasteiger charge is -2.26. The zero-order valence-electron chi connectivity index (χ0n) is 28.7. The van der Waals surface area contributed by atoms with E-state index in [4.69, 9.17) is 0 Å². The van der Waals surface area contributed by atoms with Crippen molar-refractivity contribution in [2.24, 2.45) is 0 Å². The number of hydrogen-bond acceptors (Lipinski definition) is 2. The molecule has 10 rings (SSSR count). The molecule has 0 fully saturated rings. The Morgan fingerprint density at radius 2 is 0.925 bits per heavy atom. The first-order valence-electron chi connectivity index (χ1n) is 17.9. The molecule has 0 radical (unpaired) electrons. The minimum Gasteiger partial charge on any atom is -0.310 e. The van der Waals surface area contributed by atoms with Gasteiger partial charge in [-0.1, -0.05) is 140 Å². The Labute approximate surface area is 311 Å². The number of nitrogens with zero attached hydrogens (tertiary/aromatic N) is 1. The predicted molar refractivity (Wildman–Crippen MR) is 225 cm³/mol. The third-order valence-corrected chi connectivity index (χ3v) is 11.5. The van der Waals surface area contributed by atoms with Crippen LogP contribution in [0, 0.1) is 5.82 Å². The molecule has 0 spiro atoms. The molecule has 0 unspecified atom stereocenters. The molecule has 3 heteroatoms. The van der Waals surface area contributed by atoms with Gasteiger partial charge in [0, 0.05) is 37.2 Å². The molecular weight excluding hydrogens is 666 g/mol. The van der Waals surface area contributed by atoms with Crippen molar-refractivity contribution >= 4 is 70.1 Å². The molecule has 0 amide bonds. The number of benzene rings is 9. The normalized spacial score (nSPS) is 11.5. The third kappa shape index (κ3) is 5.54. The Bertz CT molecular complexity index is 2940. The van der Waals surface area contributed by atoms with Crippen LogP contribution in [-0.4, -0.2) is 0 Å². The van der Waals surface area contributed by atoms with Crippen LogP contribution in [0.2, 0.25) is 0 Å². The lowest BCUT2D eigenvalue weighted by Crippen LogP contribution is -2.09. The Morgan fingerprint density at radius 3 is 1.68 bits per heavy atom. The van der Waals surface area contributed by atoms with E-state index in [2.05, 4.69) is 175 Å².